The molecule has 0 spiro atoms. The topological polar surface area (TPSA) is 84.5 Å². The molecule has 0 saturated carbocycles. The Kier molecular flexibility index (Phi) is 9.08. The summed E-state index contributed by atoms with van der Waals surface area (Å²) in [6.07, 6.45) is 0. The van der Waals surface area contributed by atoms with Crippen LogP contribution in [0.2, 0.25) is 0 Å². The molecule has 0 aromatic heterocycles. The van der Waals surface area contributed by atoms with Gasteiger partial charge in [-0.15, -0.1) is 0 Å². The van der Waals surface area contributed by atoms with Gasteiger partial charge >= 0.3 is 5.97 Å². The van der Waals surface area contributed by atoms with Gasteiger partial charge in [0.1, 0.15) is 0 Å². The summed E-state index contributed by atoms with van der Waals surface area (Å²) in [7, 11) is 1.35. The quantitative estimate of drug-likeness (QED) is 0.473. The number of amides is 2. The lowest BCUT2D eigenvalue weighted by Crippen LogP contribution is -2.34. The zero-order chi connectivity index (χ0) is 14.0. The molecule has 104 valence electrons. The summed E-state index contributed by atoms with van der Waals surface area (Å²) in [5, 5.41) is 5.24. The second-order valence-electron chi connectivity index (χ2n) is 3.77. The maximum atomic E-state index is 11.3. The van der Waals surface area contributed by atoms with Crippen LogP contribution in [-0.2, 0) is 19.1 Å². The summed E-state index contributed by atoms with van der Waals surface area (Å²) in [6.45, 7) is 4.01. The van der Waals surface area contributed by atoms with Crippen LogP contribution in [0, 0.1) is 5.92 Å². The van der Waals surface area contributed by atoms with Crippen molar-refractivity contribution in [1.82, 2.24) is 10.6 Å². The highest BCUT2D eigenvalue weighted by atomic mass is 32.2. The molecule has 0 aliphatic carbocycles. The minimum absolute atomic E-state index is 0.109. The second kappa shape index (κ2) is 9.76. The summed E-state index contributed by atoms with van der Waals surface area (Å²) in [4.78, 5) is 33.0. The van der Waals surface area contributed by atoms with Gasteiger partial charge in [-0.05, 0) is 0 Å². The van der Waals surface area contributed by atoms with Gasteiger partial charge < -0.3 is 15.4 Å². The van der Waals surface area contributed by atoms with E-state index in [0.717, 1.165) is 0 Å². The number of hydrogen-bond donors (Lipinski definition) is 2. The third-order valence-electron chi connectivity index (χ3n) is 2.03. The van der Waals surface area contributed by atoms with Crippen LogP contribution < -0.4 is 10.6 Å². The van der Waals surface area contributed by atoms with Crippen molar-refractivity contribution in [2.75, 3.05) is 31.7 Å². The molecule has 2 amide bonds. The van der Waals surface area contributed by atoms with Gasteiger partial charge in [0.2, 0.25) is 11.8 Å². The Morgan fingerprint density at radius 3 is 2.39 bits per heavy atom. The predicted molar refractivity (Wildman–Crippen MR) is 70.2 cm³/mol. The van der Waals surface area contributed by atoms with E-state index < -0.39 is 0 Å². The minimum atomic E-state index is -0.270. The fraction of sp³-hybridized carbons (Fsp3) is 0.727. The molecule has 0 rings (SSSR count). The summed E-state index contributed by atoms with van der Waals surface area (Å²) in [5.41, 5.74) is 0. The summed E-state index contributed by atoms with van der Waals surface area (Å²) < 4.78 is 4.58. The number of carbonyl (C=O) groups is 3. The highest BCUT2D eigenvalue weighted by Crippen LogP contribution is 2.09. The molecule has 0 aromatic rings. The van der Waals surface area contributed by atoms with Crippen molar-refractivity contribution in [3.8, 4) is 0 Å². The van der Waals surface area contributed by atoms with Crippen molar-refractivity contribution in [2.45, 2.75) is 13.8 Å². The summed E-state index contributed by atoms with van der Waals surface area (Å²) in [6, 6.07) is 0. The lowest BCUT2D eigenvalue weighted by atomic mass is 10.2. The van der Waals surface area contributed by atoms with E-state index in [-0.39, 0.29) is 23.7 Å². The lowest BCUT2D eigenvalue weighted by molar-refractivity contribution is -0.144. The molecule has 6 nitrogen and oxygen atoms in total. The Labute approximate surface area is 111 Å². The highest BCUT2D eigenvalue weighted by molar-refractivity contribution is 7.99. The first-order valence-electron chi connectivity index (χ1n) is 5.64. The molecule has 0 heterocycles. The van der Waals surface area contributed by atoms with Crippen LogP contribution in [0.4, 0.5) is 0 Å². The molecule has 0 saturated heterocycles. The summed E-state index contributed by atoms with van der Waals surface area (Å²) in [5.74, 6) is 0.126. The van der Waals surface area contributed by atoms with E-state index in [1.54, 1.807) is 6.92 Å². The van der Waals surface area contributed by atoms with Crippen molar-refractivity contribution >= 4 is 29.5 Å². The maximum Gasteiger partial charge on any atom is 0.309 e. The normalized spacial score (nSPS) is 11.5. The Morgan fingerprint density at radius 1 is 1.22 bits per heavy atom. The van der Waals surface area contributed by atoms with Crippen molar-refractivity contribution in [2.24, 2.45) is 5.92 Å². The van der Waals surface area contributed by atoms with Gasteiger partial charge in [-0.3, -0.25) is 14.4 Å². The van der Waals surface area contributed by atoms with Gasteiger partial charge in [0.05, 0.1) is 18.8 Å². The van der Waals surface area contributed by atoms with Crippen molar-refractivity contribution in [3.05, 3.63) is 0 Å². The Hall–Kier alpha value is -1.24. The molecule has 1 unspecified atom stereocenters. The van der Waals surface area contributed by atoms with Crippen LogP contribution in [0.15, 0.2) is 0 Å². The van der Waals surface area contributed by atoms with Gasteiger partial charge in [-0.1, -0.05) is 6.92 Å². The number of methoxy groups -OCH3 is 1. The fourth-order valence-corrected chi connectivity index (χ4v) is 1.98. The van der Waals surface area contributed by atoms with Crippen LogP contribution in [0.3, 0.4) is 0 Å². The largest absolute Gasteiger partial charge is 0.469 e. The number of carbonyl (C=O) groups excluding carboxylic acids is 3. The van der Waals surface area contributed by atoms with E-state index in [9.17, 15) is 14.4 Å². The Morgan fingerprint density at radius 2 is 1.83 bits per heavy atom. The minimum Gasteiger partial charge on any atom is -0.469 e. The number of rotatable bonds is 8. The van der Waals surface area contributed by atoms with E-state index in [1.165, 1.54) is 25.8 Å². The molecule has 0 fully saturated rings. The Balaban J connectivity index is 3.53. The second-order valence-corrected chi connectivity index (χ2v) is 4.80. The maximum absolute atomic E-state index is 11.3. The number of thioether (sulfide) groups is 1. The van der Waals surface area contributed by atoms with Crippen LogP contribution in [-0.4, -0.2) is 49.5 Å². The monoisotopic (exact) mass is 276 g/mol. The lowest BCUT2D eigenvalue weighted by Gasteiger charge is -2.09. The molecule has 0 radical (unpaired) electrons. The predicted octanol–water partition coefficient (Wildman–Crippen LogP) is -0.219. The molecule has 0 aliphatic rings. The molecule has 18 heavy (non-hydrogen) atoms. The zero-order valence-corrected chi connectivity index (χ0v) is 11.8. The highest BCUT2D eigenvalue weighted by Gasteiger charge is 2.13. The van der Waals surface area contributed by atoms with Gasteiger partial charge in [0.25, 0.3) is 0 Å². The third-order valence-corrected chi connectivity index (χ3v) is 3.23. The van der Waals surface area contributed by atoms with E-state index in [2.05, 4.69) is 15.4 Å². The van der Waals surface area contributed by atoms with Crippen LogP contribution in [0.1, 0.15) is 13.8 Å². The van der Waals surface area contributed by atoms with E-state index >= 15 is 0 Å². The van der Waals surface area contributed by atoms with Crippen LogP contribution in [0.25, 0.3) is 0 Å². The first-order valence-corrected chi connectivity index (χ1v) is 6.79. The molecule has 1 atom stereocenters. The molecule has 0 aliphatic heterocycles. The first kappa shape index (κ1) is 16.8. The SMILES string of the molecule is COC(=O)C(C)CSCC(=O)NCCNC(C)=O. The van der Waals surface area contributed by atoms with E-state index in [1.807, 2.05) is 0 Å². The van der Waals surface area contributed by atoms with Crippen LogP contribution >= 0.6 is 11.8 Å². The summed E-state index contributed by atoms with van der Waals surface area (Å²) >= 11 is 1.38. The molecule has 7 heteroatoms. The molecular formula is C11H20N2O4S. The van der Waals surface area contributed by atoms with E-state index in [4.69, 9.17) is 0 Å². The van der Waals surface area contributed by atoms with Crippen molar-refractivity contribution < 1.29 is 19.1 Å². The van der Waals surface area contributed by atoms with Gasteiger partial charge in [0, 0.05) is 25.8 Å². The number of ether oxygens (including phenoxy) is 1. The third kappa shape index (κ3) is 8.86. The van der Waals surface area contributed by atoms with Gasteiger partial charge in [-0.25, -0.2) is 0 Å². The zero-order valence-electron chi connectivity index (χ0n) is 10.9. The van der Waals surface area contributed by atoms with Crippen molar-refractivity contribution in [3.63, 3.8) is 0 Å². The number of esters is 1. The smallest absolute Gasteiger partial charge is 0.309 e. The number of nitrogens with one attached hydrogen (secondary N) is 2. The number of hydrogen-bond acceptors (Lipinski definition) is 5. The molecule has 0 aromatic carbocycles. The Bertz CT molecular complexity index is 297. The fourth-order valence-electron chi connectivity index (χ4n) is 1.09. The standard InChI is InChI=1S/C11H20N2O4S/c1-8(11(16)17-3)6-18-7-10(15)13-5-4-12-9(2)14/h8H,4-7H2,1-3H3,(H,12,14)(H,13,15). The molecular weight excluding hydrogens is 256 g/mol. The van der Waals surface area contributed by atoms with Gasteiger partial charge in [0.15, 0.2) is 0 Å². The van der Waals surface area contributed by atoms with Crippen molar-refractivity contribution in [1.29, 1.82) is 0 Å². The molecule has 2 N–H and O–H groups in total. The van der Waals surface area contributed by atoms with Crippen LogP contribution in [0.5, 0.6) is 0 Å². The van der Waals surface area contributed by atoms with E-state index in [0.29, 0.717) is 24.6 Å². The molecule has 0 bridgehead atoms. The average Bonchev–Trinajstić information content (AvgIpc) is 2.33. The average molecular weight is 276 g/mol. The van der Waals surface area contributed by atoms with Gasteiger partial charge in [-0.2, -0.15) is 11.8 Å². The first-order chi connectivity index (χ1) is 8.47.